The number of carboxylic acids is 1. The summed E-state index contributed by atoms with van der Waals surface area (Å²) < 4.78 is 5.57. The number of amides is 2. The van der Waals surface area contributed by atoms with E-state index in [1.54, 1.807) is 42.5 Å². The van der Waals surface area contributed by atoms with Gasteiger partial charge in [0.15, 0.2) is 11.2 Å². The maximum atomic E-state index is 13.2. The zero-order chi connectivity index (χ0) is 26.0. The second-order valence-corrected chi connectivity index (χ2v) is 9.26. The largest absolute Gasteiger partial charge is 0.506 e. The Labute approximate surface area is 210 Å². The molecule has 1 atom stereocenters. The van der Waals surface area contributed by atoms with Crippen LogP contribution in [0.15, 0.2) is 54.6 Å². The van der Waals surface area contributed by atoms with Crippen LogP contribution in [0, 0.1) is 6.92 Å². The first-order chi connectivity index (χ1) is 17.1. The molecule has 0 saturated heterocycles. The number of carbonyl (C=O) groups is 3. The van der Waals surface area contributed by atoms with Crippen LogP contribution in [0.2, 0.25) is 0 Å². The number of hydrogen-bond acceptors (Lipinski definition) is 7. The molecular weight excluding hydrogens is 482 g/mol. The predicted molar refractivity (Wildman–Crippen MR) is 138 cm³/mol. The van der Waals surface area contributed by atoms with Crippen LogP contribution >= 0.6 is 11.3 Å². The fraction of sp³-hybridized carbons (Fsp3) is 0.154. The van der Waals surface area contributed by atoms with E-state index in [4.69, 9.17) is 4.74 Å². The van der Waals surface area contributed by atoms with Gasteiger partial charge in [-0.2, -0.15) is 0 Å². The van der Waals surface area contributed by atoms with Crippen molar-refractivity contribution >= 4 is 50.7 Å². The molecule has 184 valence electrons. The minimum atomic E-state index is -1.16. The van der Waals surface area contributed by atoms with E-state index in [2.05, 4.69) is 15.6 Å². The van der Waals surface area contributed by atoms with Crippen LogP contribution in [-0.4, -0.2) is 39.1 Å². The second-order valence-electron chi connectivity index (χ2n) is 8.05. The minimum absolute atomic E-state index is 0.0802. The van der Waals surface area contributed by atoms with E-state index >= 15 is 0 Å². The maximum absolute atomic E-state index is 13.2. The molecule has 10 heteroatoms. The first kappa shape index (κ1) is 24.7. The SMILES string of the molecule is CC(=O)Nc1cccc(-c2nc(NC(=O)c3cc(OC(C)C(=O)O)c4ccccc4c3O)sc2C)c1. The molecule has 2 amide bonds. The third-order valence-corrected chi connectivity index (χ3v) is 6.23. The molecule has 0 fully saturated rings. The number of rotatable bonds is 7. The monoisotopic (exact) mass is 505 g/mol. The first-order valence-corrected chi connectivity index (χ1v) is 11.8. The standard InChI is InChI=1S/C26H23N3O6S/c1-13(25(33)34)35-21-12-20(23(31)19-10-5-4-9-18(19)21)24(32)29-26-28-22(14(2)36-26)16-7-6-8-17(11-16)27-15(3)30/h4-13,31H,1-3H3,(H,27,30)(H,33,34)(H,28,29,32). The summed E-state index contributed by atoms with van der Waals surface area (Å²) in [6.45, 7) is 4.67. The molecule has 0 aliphatic carbocycles. The maximum Gasteiger partial charge on any atom is 0.344 e. The number of nitrogens with zero attached hydrogens (tertiary/aromatic N) is 1. The van der Waals surface area contributed by atoms with Crippen LogP contribution in [-0.2, 0) is 9.59 Å². The summed E-state index contributed by atoms with van der Waals surface area (Å²) in [6, 6.07) is 15.2. The third-order valence-electron chi connectivity index (χ3n) is 5.35. The predicted octanol–water partition coefficient (Wildman–Crippen LogP) is 5.04. The van der Waals surface area contributed by atoms with E-state index in [-0.39, 0.29) is 23.0 Å². The topological polar surface area (TPSA) is 138 Å². The average molecular weight is 506 g/mol. The summed E-state index contributed by atoms with van der Waals surface area (Å²) in [7, 11) is 0. The highest BCUT2D eigenvalue weighted by atomic mass is 32.1. The van der Waals surface area contributed by atoms with Crippen molar-refractivity contribution in [3.63, 3.8) is 0 Å². The Hall–Kier alpha value is -4.44. The number of phenolic OH excluding ortho intramolecular Hbond substituents is 1. The van der Waals surface area contributed by atoms with Gasteiger partial charge < -0.3 is 20.3 Å². The lowest BCUT2D eigenvalue weighted by Crippen LogP contribution is -2.23. The van der Waals surface area contributed by atoms with Crippen molar-refractivity contribution < 1.29 is 29.3 Å². The number of phenols is 1. The van der Waals surface area contributed by atoms with Gasteiger partial charge >= 0.3 is 5.97 Å². The van der Waals surface area contributed by atoms with E-state index < -0.39 is 18.0 Å². The van der Waals surface area contributed by atoms with E-state index in [1.807, 2.05) is 13.0 Å². The van der Waals surface area contributed by atoms with Crippen molar-refractivity contribution in [1.82, 2.24) is 4.98 Å². The molecule has 1 heterocycles. The van der Waals surface area contributed by atoms with Gasteiger partial charge in [-0.1, -0.05) is 36.4 Å². The van der Waals surface area contributed by atoms with Gasteiger partial charge in [-0.25, -0.2) is 9.78 Å². The van der Waals surface area contributed by atoms with Crippen molar-refractivity contribution in [2.24, 2.45) is 0 Å². The van der Waals surface area contributed by atoms with E-state index in [0.29, 0.717) is 27.3 Å². The van der Waals surface area contributed by atoms with Crippen LogP contribution in [0.25, 0.3) is 22.0 Å². The Morgan fingerprint density at radius 1 is 1.03 bits per heavy atom. The molecule has 1 unspecified atom stereocenters. The Kier molecular flexibility index (Phi) is 6.89. The highest BCUT2D eigenvalue weighted by Crippen LogP contribution is 2.38. The highest BCUT2D eigenvalue weighted by molar-refractivity contribution is 7.16. The molecule has 0 spiro atoms. The Balaban J connectivity index is 1.66. The summed E-state index contributed by atoms with van der Waals surface area (Å²) in [4.78, 5) is 41.2. The van der Waals surface area contributed by atoms with Gasteiger partial charge in [-0.05, 0) is 32.0 Å². The summed E-state index contributed by atoms with van der Waals surface area (Å²) >= 11 is 1.26. The van der Waals surface area contributed by atoms with Crippen LogP contribution in [0.1, 0.15) is 29.1 Å². The third kappa shape index (κ3) is 5.13. The Morgan fingerprint density at radius 3 is 2.44 bits per heavy atom. The number of aromatic nitrogens is 1. The molecule has 0 radical (unpaired) electrons. The van der Waals surface area contributed by atoms with E-state index in [0.717, 1.165) is 10.4 Å². The summed E-state index contributed by atoms with van der Waals surface area (Å²) in [5, 5.41) is 26.6. The zero-order valence-corrected chi connectivity index (χ0v) is 20.5. The second kappa shape index (κ2) is 10.0. The lowest BCUT2D eigenvalue weighted by molar-refractivity contribution is -0.144. The molecule has 9 nitrogen and oxygen atoms in total. The quantitative estimate of drug-likeness (QED) is 0.276. The number of aryl methyl sites for hydroxylation is 1. The molecule has 36 heavy (non-hydrogen) atoms. The molecule has 0 saturated carbocycles. The van der Waals surface area contributed by atoms with Gasteiger partial charge in [-0.3, -0.25) is 14.9 Å². The molecule has 1 aromatic heterocycles. The lowest BCUT2D eigenvalue weighted by Gasteiger charge is -2.16. The zero-order valence-electron chi connectivity index (χ0n) is 19.7. The van der Waals surface area contributed by atoms with Crippen molar-refractivity contribution in [2.45, 2.75) is 26.9 Å². The van der Waals surface area contributed by atoms with Crippen molar-refractivity contribution in [3.05, 3.63) is 65.0 Å². The molecule has 0 aliphatic rings. The number of ether oxygens (including phenoxy) is 1. The Morgan fingerprint density at radius 2 is 1.75 bits per heavy atom. The van der Waals surface area contributed by atoms with Gasteiger partial charge in [0.1, 0.15) is 11.5 Å². The smallest absolute Gasteiger partial charge is 0.344 e. The summed E-state index contributed by atoms with van der Waals surface area (Å²) in [5.41, 5.74) is 1.96. The van der Waals surface area contributed by atoms with Crippen LogP contribution < -0.4 is 15.4 Å². The number of fused-ring (bicyclic) bond motifs is 1. The van der Waals surface area contributed by atoms with Gasteiger partial charge in [0.25, 0.3) is 5.91 Å². The average Bonchev–Trinajstić information content (AvgIpc) is 3.20. The van der Waals surface area contributed by atoms with Crippen LogP contribution in [0.4, 0.5) is 10.8 Å². The Bertz CT molecular complexity index is 1500. The molecule has 4 aromatic rings. The summed E-state index contributed by atoms with van der Waals surface area (Å²) in [5.74, 6) is -2.07. The normalized spacial score (nSPS) is 11.6. The number of thiazole rings is 1. The van der Waals surface area contributed by atoms with Gasteiger partial charge in [-0.15, -0.1) is 11.3 Å². The molecular formula is C26H23N3O6S. The molecule has 4 N–H and O–H groups in total. The molecule has 0 bridgehead atoms. The number of aromatic hydroxyl groups is 1. The molecule has 3 aromatic carbocycles. The van der Waals surface area contributed by atoms with Crippen molar-refractivity contribution in [2.75, 3.05) is 10.6 Å². The van der Waals surface area contributed by atoms with E-state index in [1.165, 1.54) is 31.3 Å². The minimum Gasteiger partial charge on any atom is -0.506 e. The van der Waals surface area contributed by atoms with E-state index in [9.17, 15) is 24.6 Å². The number of carboxylic acid groups (broad SMARTS) is 1. The van der Waals surface area contributed by atoms with Gasteiger partial charge in [0.05, 0.1) is 11.3 Å². The van der Waals surface area contributed by atoms with Crippen LogP contribution in [0.3, 0.4) is 0 Å². The fourth-order valence-corrected chi connectivity index (χ4v) is 4.50. The number of aliphatic carboxylic acids is 1. The number of nitrogens with one attached hydrogen (secondary N) is 2. The summed E-state index contributed by atoms with van der Waals surface area (Å²) in [6.07, 6.45) is -1.16. The first-order valence-electron chi connectivity index (χ1n) is 10.9. The lowest BCUT2D eigenvalue weighted by atomic mass is 10.0. The molecule has 4 rings (SSSR count). The fourth-order valence-electron chi connectivity index (χ4n) is 3.67. The van der Waals surface area contributed by atoms with Crippen LogP contribution in [0.5, 0.6) is 11.5 Å². The van der Waals surface area contributed by atoms with Gasteiger partial charge in [0.2, 0.25) is 5.91 Å². The van der Waals surface area contributed by atoms with Gasteiger partial charge in [0, 0.05) is 33.8 Å². The number of hydrogen-bond donors (Lipinski definition) is 4. The van der Waals surface area contributed by atoms with Crippen molar-refractivity contribution in [3.8, 4) is 22.8 Å². The van der Waals surface area contributed by atoms with Crippen molar-refractivity contribution in [1.29, 1.82) is 0 Å². The number of benzene rings is 3. The highest BCUT2D eigenvalue weighted by Gasteiger charge is 2.22. The number of anilines is 2. The number of carbonyl (C=O) groups excluding carboxylic acids is 2. The molecule has 0 aliphatic heterocycles.